The van der Waals surface area contributed by atoms with Gasteiger partial charge in [0.05, 0.1) is 5.25 Å². The highest BCUT2D eigenvalue weighted by Crippen LogP contribution is 2.27. The topological polar surface area (TPSA) is 118 Å². The molecule has 10 heteroatoms. The number of fused-ring (bicyclic) bond motifs is 1. The van der Waals surface area contributed by atoms with Gasteiger partial charge >= 0.3 is 5.69 Å². The first-order valence-electron chi connectivity index (χ1n) is 8.51. The zero-order chi connectivity index (χ0) is 19.0. The van der Waals surface area contributed by atoms with Crippen LogP contribution in [0.3, 0.4) is 0 Å². The summed E-state index contributed by atoms with van der Waals surface area (Å²) < 4.78 is 4.04. The number of nitrogens with zero attached hydrogens (tertiary/aromatic N) is 5. The molecule has 0 aliphatic carbocycles. The number of hydrogen-bond donors (Lipinski definition) is 1. The molecule has 0 aromatic carbocycles. The van der Waals surface area contributed by atoms with E-state index in [1.165, 1.54) is 25.9 Å². The number of aromatic nitrogens is 5. The lowest BCUT2D eigenvalue weighted by atomic mass is 10.1. The van der Waals surface area contributed by atoms with Gasteiger partial charge in [0.25, 0.3) is 5.56 Å². The Balaban J connectivity index is 1.92. The van der Waals surface area contributed by atoms with Gasteiger partial charge in [-0.3, -0.25) is 18.7 Å². The third-order valence-corrected chi connectivity index (χ3v) is 5.76. The van der Waals surface area contributed by atoms with Gasteiger partial charge in [-0.2, -0.15) is 0 Å². The van der Waals surface area contributed by atoms with E-state index in [9.17, 15) is 14.4 Å². The van der Waals surface area contributed by atoms with Crippen molar-refractivity contribution in [2.75, 3.05) is 5.73 Å². The monoisotopic (exact) mass is 378 g/mol. The Morgan fingerprint density at radius 2 is 1.88 bits per heavy atom. The van der Waals surface area contributed by atoms with E-state index in [1.54, 1.807) is 6.92 Å². The van der Waals surface area contributed by atoms with Crippen LogP contribution in [-0.2, 0) is 27.1 Å². The van der Waals surface area contributed by atoms with E-state index in [-0.39, 0.29) is 11.4 Å². The van der Waals surface area contributed by atoms with Gasteiger partial charge in [0.15, 0.2) is 10.9 Å². The maximum atomic E-state index is 12.9. The fraction of sp³-hybridized carbons (Fsp3) is 0.562. The number of hydrogen-bond acceptors (Lipinski definition) is 7. The Morgan fingerprint density at radius 1 is 1.15 bits per heavy atom. The standard InChI is InChI=1S/C16H22N6O3S/c1-9(26-15-19-18-10-7-5-4-6-8-22(10)15)12(23)11-13(17)20(2)16(25)21(3)14(11)24/h9H,4-8,17H2,1-3H3/t9-/m1/s1. The summed E-state index contributed by atoms with van der Waals surface area (Å²) in [7, 11) is 2.77. The number of carbonyl (C=O) groups is 1. The van der Waals surface area contributed by atoms with Gasteiger partial charge in [0.2, 0.25) is 0 Å². The number of anilines is 1. The molecular weight excluding hydrogens is 356 g/mol. The highest BCUT2D eigenvalue weighted by atomic mass is 32.2. The van der Waals surface area contributed by atoms with E-state index in [4.69, 9.17) is 5.73 Å². The summed E-state index contributed by atoms with van der Waals surface area (Å²) in [5.41, 5.74) is 4.48. The molecule has 0 fully saturated rings. The molecule has 0 saturated carbocycles. The maximum absolute atomic E-state index is 12.9. The second-order valence-corrected chi connectivity index (χ2v) is 7.76. The second kappa shape index (κ2) is 7.10. The Labute approximate surface area is 154 Å². The average molecular weight is 378 g/mol. The number of nitrogen functional groups attached to an aromatic ring is 1. The molecule has 0 saturated heterocycles. The quantitative estimate of drug-likeness (QED) is 0.602. The number of nitrogens with two attached hydrogens (primary N) is 1. The number of Topliss-reactive ketones (excluding diaryl/α,β-unsaturated/α-hetero) is 1. The first-order chi connectivity index (χ1) is 12.3. The molecule has 3 heterocycles. The van der Waals surface area contributed by atoms with Crippen molar-refractivity contribution in [1.82, 2.24) is 23.9 Å². The molecule has 0 bridgehead atoms. The molecule has 0 amide bonds. The lowest BCUT2D eigenvalue weighted by Gasteiger charge is -2.14. The predicted octanol–water partition coefficient (Wildman–Crippen LogP) is 0.348. The van der Waals surface area contributed by atoms with Crippen LogP contribution >= 0.6 is 11.8 Å². The molecule has 1 atom stereocenters. The van der Waals surface area contributed by atoms with E-state index in [0.717, 1.165) is 47.2 Å². The Bertz CT molecular complexity index is 974. The van der Waals surface area contributed by atoms with Crippen LogP contribution in [0.5, 0.6) is 0 Å². The number of ketones is 1. The lowest BCUT2D eigenvalue weighted by molar-refractivity contribution is 0.0992. The average Bonchev–Trinajstić information content (AvgIpc) is 2.84. The van der Waals surface area contributed by atoms with Gasteiger partial charge in [0.1, 0.15) is 17.2 Å². The summed E-state index contributed by atoms with van der Waals surface area (Å²) >= 11 is 1.26. The SMILES string of the molecule is C[C@@H](Sc1nnc2n1CCCCC2)C(=O)c1c(N)n(C)c(=O)n(C)c1=O. The van der Waals surface area contributed by atoms with Crippen LogP contribution in [0.2, 0.25) is 0 Å². The lowest BCUT2D eigenvalue weighted by Crippen LogP contribution is -2.42. The minimum absolute atomic E-state index is 0.115. The molecule has 2 aromatic heterocycles. The fourth-order valence-corrected chi connectivity index (χ4v) is 4.00. The van der Waals surface area contributed by atoms with Gasteiger partial charge in [-0.05, 0) is 19.8 Å². The molecule has 0 spiro atoms. The van der Waals surface area contributed by atoms with Gasteiger partial charge in [-0.25, -0.2) is 4.79 Å². The highest BCUT2D eigenvalue weighted by molar-refractivity contribution is 8.00. The summed E-state index contributed by atoms with van der Waals surface area (Å²) in [4.78, 5) is 37.2. The minimum Gasteiger partial charge on any atom is -0.384 e. The van der Waals surface area contributed by atoms with E-state index in [0.29, 0.717) is 5.16 Å². The van der Waals surface area contributed by atoms with Crippen molar-refractivity contribution in [3.63, 3.8) is 0 Å². The van der Waals surface area contributed by atoms with Crippen LogP contribution in [-0.4, -0.2) is 34.9 Å². The first-order valence-corrected chi connectivity index (χ1v) is 9.39. The van der Waals surface area contributed by atoms with Gasteiger partial charge < -0.3 is 10.3 Å². The van der Waals surface area contributed by atoms with E-state index >= 15 is 0 Å². The molecule has 0 unspecified atom stereocenters. The second-order valence-electron chi connectivity index (χ2n) is 6.45. The molecule has 140 valence electrons. The third kappa shape index (κ3) is 3.09. The smallest absolute Gasteiger partial charge is 0.332 e. The van der Waals surface area contributed by atoms with E-state index in [2.05, 4.69) is 10.2 Å². The van der Waals surface area contributed by atoms with Crippen LogP contribution in [0, 0.1) is 0 Å². The summed E-state index contributed by atoms with van der Waals surface area (Å²) in [5, 5.41) is 8.51. The van der Waals surface area contributed by atoms with E-state index < -0.39 is 22.3 Å². The van der Waals surface area contributed by atoms with Crippen molar-refractivity contribution in [3.05, 3.63) is 32.2 Å². The van der Waals surface area contributed by atoms with Crippen LogP contribution in [0.1, 0.15) is 42.4 Å². The van der Waals surface area contributed by atoms with Crippen molar-refractivity contribution in [2.45, 2.75) is 49.6 Å². The number of thioether (sulfide) groups is 1. The minimum atomic E-state index is -0.678. The summed E-state index contributed by atoms with van der Waals surface area (Å²) in [6, 6.07) is 0. The molecule has 2 aromatic rings. The van der Waals surface area contributed by atoms with Gasteiger partial charge in [-0.15, -0.1) is 10.2 Å². The molecule has 2 N–H and O–H groups in total. The zero-order valence-corrected chi connectivity index (χ0v) is 15.9. The molecule has 26 heavy (non-hydrogen) atoms. The molecule has 1 aliphatic rings. The van der Waals surface area contributed by atoms with Crippen LogP contribution < -0.4 is 17.0 Å². The summed E-state index contributed by atoms with van der Waals surface area (Å²) in [6.45, 7) is 2.53. The summed E-state index contributed by atoms with van der Waals surface area (Å²) in [5.74, 6) is 0.396. The highest BCUT2D eigenvalue weighted by Gasteiger charge is 2.27. The van der Waals surface area contributed by atoms with Crippen molar-refractivity contribution in [3.8, 4) is 0 Å². The molecule has 0 radical (unpaired) electrons. The predicted molar refractivity (Wildman–Crippen MR) is 98.6 cm³/mol. The Hall–Kier alpha value is -2.36. The summed E-state index contributed by atoms with van der Waals surface area (Å²) in [6.07, 6.45) is 4.16. The van der Waals surface area contributed by atoms with Crippen LogP contribution in [0.4, 0.5) is 5.82 Å². The normalized spacial score (nSPS) is 15.3. The largest absolute Gasteiger partial charge is 0.384 e. The zero-order valence-electron chi connectivity index (χ0n) is 15.1. The first kappa shape index (κ1) is 18.4. The molecule has 9 nitrogen and oxygen atoms in total. The number of carbonyl (C=O) groups excluding carboxylic acids is 1. The van der Waals surface area contributed by atoms with Crippen molar-refractivity contribution in [1.29, 1.82) is 0 Å². The molecule has 1 aliphatic heterocycles. The van der Waals surface area contributed by atoms with Gasteiger partial charge in [0, 0.05) is 27.1 Å². The fourth-order valence-electron chi connectivity index (χ4n) is 3.05. The number of aryl methyl sites for hydroxylation is 1. The maximum Gasteiger partial charge on any atom is 0.332 e. The number of rotatable bonds is 4. The van der Waals surface area contributed by atoms with E-state index in [1.807, 2.05) is 4.57 Å². The third-order valence-electron chi connectivity index (χ3n) is 4.68. The van der Waals surface area contributed by atoms with Crippen molar-refractivity contribution in [2.24, 2.45) is 14.1 Å². The van der Waals surface area contributed by atoms with Crippen molar-refractivity contribution >= 4 is 23.4 Å². The Kier molecular flexibility index (Phi) is 5.03. The van der Waals surface area contributed by atoms with Crippen molar-refractivity contribution < 1.29 is 4.79 Å². The van der Waals surface area contributed by atoms with Crippen LogP contribution in [0.25, 0.3) is 0 Å². The van der Waals surface area contributed by atoms with Crippen LogP contribution in [0.15, 0.2) is 14.7 Å². The Morgan fingerprint density at radius 3 is 2.62 bits per heavy atom. The molecular formula is C16H22N6O3S. The van der Waals surface area contributed by atoms with Gasteiger partial charge in [-0.1, -0.05) is 18.2 Å². The molecule has 3 rings (SSSR count).